The van der Waals surface area contributed by atoms with E-state index >= 15 is 0 Å². The Hall–Kier alpha value is -2.77. The molecular formula is C16H24N6O2. The summed E-state index contributed by atoms with van der Waals surface area (Å²) < 4.78 is 6.96. The quantitative estimate of drug-likeness (QED) is 0.396. The van der Waals surface area contributed by atoms with Crippen LogP contribution in [0, 0.1) is 6.92 Å². The Morgan fingerprint density at radius 3 is 2.71 bits per heavy atom. The average molecular weight is 332 g/mol. The molecule has 8 heteroatoms. The summed E-state index contributed by atoms with van der Waals surface area (Å²) in [6, 6.07) is 3.72. The van der Waals surface area contributed by atoms with Crippen molar-refractivity contribution in [3.05, 3.63) is 41.6 Å². The summed E-state index contributed by atoms with van der Waals surface area (Å²) in [7, 11) is 3.62. The molecule has 1 amide bonds. The SMILES string of the molecule is CN=C(NCCCNC(=O)c1occc1C)NCc1ccnn1C. The van der Waals surface area contributed by atoms with Crippen molar-refractivity contribution in [1.82, 2.24) is 25.7 Å². The van der Waals surface area contributed by atoms with Gasteiger partial charge in [0.15, 0.2) is 11.7 Å². The molecule has 0 aromatic carbocycles. The zero-order chi connectivity index (χ0) is 17.4. The van der Waals surface area contributed by atoms with E-state index in [-0.39, 0.29) is 5.91 Å². The number of carbonyl (C=O) groups excluding carboxylic acids is 1. The lowest BCUT2D eigenvalue weighted by Gasteiger charge is -2.12. The number of amides is 1. The average Bonchev–Trinajstić information content (AvgIpc) is 3.18. The third-order valence-electron chi connectivity index (χ3n) is 3.58. The first kappa shape index (κ1) is 17.6. The van der Waals surface area contributed by atoms with Gasteiger partial charge < -0.3 is 20.4 Å². The summed E-state index contributed by atoms with van der Waals surface area (Å²) in [5.74, 6) is 0.900. The molecule has 8 nitrogen and oxygen atoms in total. The Bertz CT molecular complexity index is 688. The van der Waals surface area contributed by atoms with E-state index in [1.54, 1.807) is 19.3 Å². The largest absolute Gasteiger partial charge is 0.459 e. The van der Waals surface area contributed by atoms with Gasteiger partial charge in [0.25, 0.3) is 5.91 Å². The molecule has 0 saturated carbocycles. The van der Waals surface area contributed by atoms with Crippen LogP contribution in [0.4, 0.5) is 0 Å². The van der Waals surface area contributed by atoms with Gasteiger partial charge in [0.1, 0.15) is 0 Å². The predicted molar refractivity (Wildman–Crippen MR) is 91.8 cm³/mol. The van der Waals surface area contributed by atoms with E-state index in [9.17, 15) is 4.79 Å². The fraction of sp³-hybridized carbons (Fsp3) is 0.438. The minimum absolute atomic E-state index is 0.184. The maximum atomic E-state index is 11.9. The summed E-state index contributed by atoms with van der Waals surface area (Å²) in [5.41, 5.74) is 1.91. The van der Waals surface area contributed by atoms with E-state index in [0.717, 1.165) is 17.7 Å². The second-order valence-electron chi connectivity index (χ2n) is 5.34. The number of hydrogen-bond acceptors (Lipinski definition) is 4. The van der Waals surface area contributed by atoms with Gasteiger partial charge in [-0.15, -0.1) is 0 Å². The number of guanidine groups is 1. The summed E-state index contributed by atoms with van der Waals surface area (Å²) in [6.45, 7) is 3.75. The first-order chi connectivity index (χ1) is 11.6. The molecule has 0 unspecified atom stereocenters. The number of aromatic nitrogens is 2. The Kier molecular flexibility index (Phi) is 6.41. The summed E-state index contributed by atoms with van der Waals surface area (Å²) in [4.78, 5) is 16.0. The van der Waals surface area contributed by atoms with Crippen LogP contribution in [0.3, 0.4) is 0 Å². The fourth-order valence-electron chi connectivity index (χ4n) is 2.15. The molecule has 0 radical (unpaired) electrons. The van der Waals surface area contributed by atoms with Gasteiger partial charge in [-0.25, -0.2) is 0 Å². The highest BCUT2D eigenvalue weighted by Crippen LogP contribution is 2.07. The fourth-order valence-corrected chi connectivity index (χ4v) is 2.15. The summed E-state index contributed by atoms with van der Waals surface area (Å²) in [5, 5.41) is 13.4. The molecule has 3 N–H and O–H groups in total. The second kappa shape index (κ2) is 8.76. The zero-order valence-corrected chi connectivity index (χ0v) is 14.3. The van der Waals surface area contributed by atoms with Crippen molar-refractivity contribution in [3.8, 4) is 0 Å². The van der Waals surface area contributed by atoms with Crippen LogP contribution in [-0.2, 0) is 13.6 Å². The molecule has 0 bridgehead atoms. The maximum Gasteiger partial charge on any atom is 0.287 e. The van der Waals surface area contributed by atoms with Crippen LogP contribution in [-0.4, -0.2) is 41.8 Å². The maximum absolute atomic E-state index is 11.9. The molecule has 0 saturated heterocycles. The highest BCUT2D eigenvalue weighted by atomic mass is 16.3. The van der Waals surface area contributed by atoms with Crippen molar-refractivity contribution < 1.29 is 9.21 Å². The van der Waals surface area contributed by atoms with Crippen LogP contribution in [0.25, 0.3) is 0 Å². The molecule has 0 aliphatic rings. The van der Waals surface area contributed by atoms with Gasteiger partial charge in [0.2, 0.25) is 0 Å². The van der Waals surface area contributed by atoms with Crippen molar-refractivity contribution in [3.63, 3.8) is 0 Å². The highest BCUT2D eigenvalue weighted by molar-refractivity contribution is 5.92. The molecule has 24 heavy (non-hydrogen) atoms. The van der Waals surface area contributed by atoms with Crippen LogP contribution in [0.15, 0.2) is 34.0 Å². The number of nitrogens with one attached hydrogen (secondary N) is 3. The van der Waals surface area contributed by atoms with E-state index in [4.69, 9.17) is 4.42 Å². The number of furan rings is 1. The zero-order valence-electron chi connectivity index (χ0n) is 14.3. The van der Waals surface area contributed by atoms with E-state index in [0.29, 0.717) is 31.4 Å². The van der Waals surface area contributed by atoms with Gasteiger partial charge in [-0.3, -0.25) is 14.5 Å². The molecule has 0 fully saturated rings. The van der Waals surface area contributed by atoms with Gasteiger partial charge in [-0.05, 0) is 25.5 Å². The van der Waals surface area contributed by atoms with E-state index < -0.39 is 0 Å². The van der Waals surface area contributed by atoms with Crippen molar-refractivity contribution in [1.29, 1.82) is 0 Å². The Morgan fingerprint density at radius 1 is 1.29 bits per heavy atom. The highest BCUT2D eigenvalue weighted by Gasteiger charge is 2.11. The van der Waals surface area contributed by atoms with E-state index in [1.165, 1.54) is 6.26 Å². The molecular weight excluding hydrogens is 308 g/mol. The standard InChI is InChI=1S/C16H24N6O2/c1-12-6-10-24-14(12)15(23)18-7-4-8-19-16(17-2)20-11-13-5-9-21-22(13)3/h5-6,9-10H,4,7-8,11H2,1-3H3,(H,18,23)(H2,17,19,20). The van der Waals surface area contributed by atoms with Gasteiger partial charge >= 0.3 is 0 Å². The van der Waals surface area contributed by atoms with Crippen LogP contribution in [0.5, 0.6) is 0 Å². The lowest BCUT2D eigenvalue weighted by atomic mass is 10.2. The molecule has 2 heterocycles. The Morgan fingerprint density at radius 2 is 2.08 bits per heavy atom. The number of carbonyl (C=O) groups is 1. The molecule has 0 spiro atoms. The van der Waals surface area contributed by atoms with Crippen molar-refractivity contribution in [2.45, 2.75) is 19.9 Å². The lowest BCUT2D eigenvalue weighted by molar-refractivity contribution is 0.0925. The normalized spacial score (nSPS) is 11.4. The lowest BCUT2D eigenvalue weighted by Crippen LogP contribution is -2.38. The van der Waals surface area contributed by atoms with Gasteiger partial charge in [0.05, 0.1) is 18.5 Å². The summed E-state index contributed by atoms with van der Waals surface area (Å²) >= 11 is 0. The molecule has 2 rings (SSSR count). The number of aliphatic imine (C=N–C) groups is 1. The number of aryl methyl sites for hydroxylation is 2. The molecule has 2 aromatic rings. The number of rotatable bonds is 7. The van der Waals surface area contributed by atoms with Crippen molar-refractivity contribution >= 4 is 11.9 Å². The third-order valence-corrected chi connectivity index (χ3v) is 3.58. The Labute approximate surface area is 141 Å². The predicted octanol–water partition coefficient (Wildman–Crippen LogP) is 0.807. The van der Waals surface area contributed by atoms with E-state index in [2.05, 4.69) is 26.0 Å². The third kappa shape index (κ3) is 4.87. The first-order valence-corrected chi connectivity index (χ1v) is 7.85. The molecule has 130 valence electrons. The first-order valence-electron chi connectivity index (χ1n) is 7.85. The Balaban J connectivity index is 1.63. The number of nitrogens with zero attached hydrogens (tertiary/aromatic N) is 3. The number of hydrogen-bond donors (Lipinski definition) is 3. The molecule has 0 aliphatic carbocycles. The smallest absolute Gasteiger partial charge is 0.287 e. The monoisotopic (exact) mass is 332 g/mol. The molecule has 2 aromatic heterocycles. The van der Waals surface area contributed by atoms with E-state index in [1.807, 2.05) is 24.7 Å². The topological polar surface area (TPSA) is 96.5 Å². The van der Waals surface area contributed by atoms with Crippen molar-refractivity contribution in [2.75, 3.05) is 20.1 Å². The molecule has 0 aliphatic heterocycles. The summed E-state index contributed by atoms with van der Waals surface area (Å²) in [6.07, 6.45) is 4.05. The van der Waals surface area contributed by atoms with Crippen LogP contribution in [0.1, 0.15) is 28.2 Å². The minimum Gasteiger partial charge on any atom is -0.459 e. The van der Waals surface area contributed by atoms with Gasteiger partial charge in [-0.2, -0.15) is 5.10 Å². The minimum atomic E-state index is -0.184. The van der Waals surface area contributed by atoms with Crippen molar-refractivity contribution in [2.24, 2.45) is 12.0 Å². The van der Waals surface area contributed by atoms with Crippen LogP contribution >= 0.6 is 0 Å². The van der Waals surface area contributed by atoms with Crippen LogP contribution < -0.4 is 16.0 Å². The second-order valence-corrected chi connectivity index (χ2v) is 5.34. The van der Waals surface area contributed by atoms with Gasteiger partial charge in [-0.1, -0.05) is 0 Å². The van der Waals surface area contributed by atoms with Crippen LogP contribution in [0.2, 0.25) is 0 Å². The van der Waals surface area contributed by atoms with Gasteiger partial charge in [0, 0.05) is 38.9 Å². The molecule has 0 atom stereocenters.